The Hall–Kier alpha value is -1.35. The van der Waals surface area contributed by atoms with Crippen LogP contribution in [0.1, 0.15) is 23.5 Å². The molecule has 1 amide bonds. The standard InChI is InChI=1S/C11H14N2O/c12-11(14)5-9-7-13-6-8-3-1-2-4-10(8)9/h1-4,9,13H,5-7H2,(H2,12,14). The summed E-state index contributed by atoms with van der Waals surface area (Å²) < 4.78 is 0. The van der Waals surface area contributed by atoms with Gasteiger partial charge < -0.3 is 11.1 Å². The molecule has 74 valence electrons. The van der Waals surface area contributed by atoms with Gasteiger partial charge in [-0.15, -0.1) is 0 Å². The van der Waals surface area contributed by atoms with Crippen molar-refractivity contribution in [1.82, 2.24) is 5.32 Å². The molecular formula is C11H14N2O. The minimum atomic E-state index is -0.228. The lowest BCUT2D eigenvalue weighted by atomic mass is 9.88. The fourth-order valence-electron chi connectivity index (χ4n) is 2.01. The lowest BCUT2D eigenvalue weighted by molar-refractivity contribution is -0.118. The van der Waals surface area contributed by atoms with E-state index in [-0.39, 0.29) is 11.8 Å². The molecule has 0 fully saturated rings. The van der Waals surface area contributed by atoms with Crippen LogP contribution in [0.15, 0.2) is 24.3 Å². The van der Waals surface area contributed by atoms with E-state index in [1.54, 1.807) is 0 Å². The van der Waals surface area contributed by atoms with E-state index in [9.17, 15) is 4.79 Å². The van der Waals surface area contributed by atoms with Gasteiger partial charge in [0.1, 0.15) is 0 Å². The van der Waals surface area contributed by atoms with Gasteiger partial charge in [-0.2, -0.15) is 0 Å². The van der Waals surface area contributed by atoms with Gasteiger partial charge in [0.15, 0.2) is 0 Å². The summed E-state index contributed by atoms with van der Waals surface area (Å²) in [6.07, 6.45) is 0.435. The topological polar surface area (TPSA) is 55.1 Å². The van der Waals surface area contributed by atoms with Crippen molar-refractivity contribution in [3.8, 4) is 0 Å². The Balaban J connectivity index is 2.26. The third-order valence-electron chi connectivity index (χ3n) is 2.65. The van der Waals surface area contributed by atoms with Crippen molar-refractivity contribution in [2.24, 2.45) is 5.73 Å². The number of nitrogens with two attached hydrogens (primary N) is 1. The van der Waals surface area contributed by atoms with Crippen molar-refractivity contribution in [3.63, 3.8) is 0 Å². The molecule has 1 aromatic carbocycles. The number of carbonyl (C=O) groups is 1. The highest BCUT2D eigenvalue weighted by Gasteiger charge is 2.20. The number of nitrogens with one attached hydrogen (secondary N) is 1. The van der Waals surface area contributed by atoms with Crippen LogP contribution in [0, 0.1) is 0 Å². The molecule has 3 heteroatoms. The van der Waals surface area contributed by atoms with Crippen LogP contribution in [0.4, 0.5) is 0 Å². The zero-order chi connectivity index (χ0) is 9.97. The number of hydrogen-bond donors (Lipinski definition) is 2. The second-order valence-electron chi connectivity index (χ2n) is 3.70. The molecule has 0 saturated heterocycles. The summed E-state index contributed by atoms with van der Waals surface area (Å²) >= 11 is 0. The maximum atomic E-state index is 10.9. The molecule has 1 aliphatic rings. The molecule has 1 aliphatic heterocycles. The SMILES string of the molecule is NC(=O)CC1CNCc2ccccc21. The third-order valence-corrected chi connectivity index (χ3v) is 2.65. The number of hydrogen-bond acceptors (Lipinski definition) is 2. The first-order valence-electron chi connectivity index (χ1n) is 4.84. The Morgan fingerprint density at radius 3 is 3.07 bits per heavy atom. The van der Waals surface area contributed by atoms with Gasteiger partial charge in [-0.1, -0.05) is 24.3 Å². The van der Waals surface area contributed by atoms with Crippen molar-refractivity contribution >= 4 is 5.91 Å². The zero-order valence-corrected chi connectivity index (χ0v) is 7.99. The molecule has 0 bridgehead atoms. The zero-order valence-electron chi connectivity index (χ0n) is 7.99. The Morgan fingerprint density at radius 2 is 2.29 bits per heavy atom. The van der Waals surface area contributed by atoms with Crippen molar-refractivity contribution in [3.05, 3.63) is 35.4 Å². The molecule has 14 heavy (non-hydrogen) atoms. The molecule has 0 saturated carbocycles. The second kappa shape index (κ2) is 3.80. The average molecular weight is 190 g/mol. The lowest BCUT2D eigenvalue weighted by Crippen LogP contribution is -2.30. The van der Waals surface area contributed by atoms with E-state index >= 15 is 0 Å². The maximum Gasteiger partial charge on any atom is 0.218 e. The van der Waals surface area contributed by atoms with Gasteiger partial charge in [0.2, 0.25) is 5.91 Å². The van der Waals surface area contributed by atoms with E-state index in [1.165, 1.54) is 11.1 Å². The summed E-state index contributed by atoms with van der Waals surface area (Å²) in [4.78, 5) is 10.9. The summed E-state index contributed by atoms with van der Waals surface area (Å²) in [5.74, 6) is 0.0194. The lowest BCUT2D eigenvalue weighted by Gasteiger charge is -2.25. The summed E-state index contributed by atoms with van der Waals surface area (Å²) in [7, 11) is 0. The largest absolute Gasteiger partial charge is 0.370 e. The number of amides is 1. The van der Waals surface area contributed by atoms with Crippen LogP contribution in [-0.4, -0.2) is 12.5 Å². The number of rotatable bonds is 2. The molecule has 1 heterocycles. The Bertz CT molecular complexity index is 349. The van der Waals surface area contributed by atoms with Crippen molar-refractivity contribution in [1.29, 1.82) is 0 Å². The molecule has 1 atom stereocenters. The third kappa shape index (κ3) is 1.77. The van der Waals surface area contributed by atoms with Gasteiger partial charge in [-0.05, 0) is 11.1 Å². The number of fused-ring (bicyclic) bond motifs is 1. The summed E-state index contributed by atoms with van der Waals surface area (Å²) in [6, 6.07) is 8.21. The van der Waals surface area contributed by atoms with Crippen LogP contribution < -0.4 is 11.1 Å². The molecule has 3 nitrogen and oxygen atoms in total. The van der Waals surface area contributed by atoms with Gasteiger partial charge in [-0.3, -0.25) is 4.79 Å². The second-order valence-corrected chi connectivity index (χ2v) is 3.70. The molecule has 0 spiro atoms. The van der Waals surface area contributed by atoms with Crippen LogP contribution in [0.25, 0.3) is 0 Å². The van der Waals surface area contributed by atoms with E-state index in [1.807, 2.05) is 12.1 Å². The minimum Gasteiger partial charge on any atom is -0.370 e. The summed E-state index contributed by atoms with van der Waals surface area (Å²) in [6.45, 7) is 1.74. The van der Waals surface area contributed by atoms with Crippen LogP contribution in [-0.2, 0) is 11.3 Å². The number of primary amides is 1. The van der Waals surface area contributed by atoms with Crippen LogP contribution in [0.2, 0.25) is 0 Å². The van der Waals surface area contributed by atoms with Crippen LogP contribution in [0.5, 0.6) is 0 Å². The molecule has 0 aromatic heterocycles. The first-order chi connectivity index (χ1) is 6.77. The first-order valence-corrected chi connectivity index (χ1v) is 4.84. The van der Waals surface area contributed by atoms with Crippen molar-refractivity contribution < 1.29 is 4.79 Å². The molecule has 3 N–H and O–H groups in total. The van der Waals surface area contributed by atoms with E-state index < -0.39 is 0 Å². The molecule has 0 aliphatic carbocycles. The predicted molar refractivity (Wildman–Crippen MR) is 54.7 cm³/mol. The Kier molecular flexibility index (Phi) is 2.50. The monoisotopic (exact) mass is 190 g/mol. The highest BCUT2D eigenvalue weighted by molar-refractivity contribution is 5.75. The van der Waals surface area contributed by atoms with E-state index in [4.69, 9.17) is 5.73 Å². The van der Waals surface area contributed by atoms with E-state index in [2.05, 4.69) is 17.4 Å². The highest BCUT2D eigenvalue weighted by atomic mass is 16.1. The molecule has 1 aromatic rings. The molecular weight excluding hydrogens is 176 g/mol. The van der Waals surface area contributed by atoms with Crippen LogP contribution in [0.3, 0.4) is 0 Å². The predicted octanol–water partition coefficient (Wildman–Crippen LogP) is 0.749. The average Bonchev–Trinajstić information content (AvgIpc) is 2.18. The fraction of sp³-hybridized carbons (Fsp3) is 0.364. The Labute approximate surface area is 83.3 Å². The van der Waals surface area contributed by atoms with E-state index in [0.29, 0.717) is 6.42 Å². The Morgan fingerprint density at radius 1 is 1.50 bits per heavy atom. The fourth-order valence-corrected chi connectivity index (χ4v) is 2.01. The number of carbonyl (C=O) groups excluding carboxylic acids is 1. The number of benzene rings is 1. The van der Waals surface area contributed by atoms with Crippen molar-refractivity contribution in [2.45, 2.75) is 18.9 Å². The van der Waals surface area contributed by atoms with Gasteiger partial charge in [-0.25, -0.2) is 0 Å². The van der Waals surface area contributed by atoms with Gasteiger partial charge >= 0.3 is 0 Å². The minimum absolute atomic E-state index is 0.228. The first kappa shape index (κ1) is 9.21. The smallest absolute Gasteiger partial charge is 0.218 e. The van der Waals surface area contributed by atoms with Crippen molar-refractivity contribution in [2.75, 3.05) is 6.54 Å². The van der Waals surface area contributed by atoms with Crippen LogP contribution >= 0.6 is 0 Å². The maximum absolute atomic E-state index is 10.9. The molecule has 1 unspecified atom stereocenters. The quantitative estimate of drug-likeness (QED) is 0.723. The molecule has 0 radical (unpaired) electrons. The van der Waals surface area contributed by atoms with Gasteiger partial charge in [0, 0.05) is 25.4 Å². The summed E-state index contributed by atoms with van der Waals surface area (Å²) in [5.41, 5.74) is 7.76. The summed E-state index contributed by atoms with van der Waals surface area (Å²) in [5, 5.41) is 3.29. The molecule has 2 rings (SSSR count). The van der Waals surface area contributed by atoms with E-state index in [0.717, 1.165) is 13.1 Å². The van der Waals surface area contributed by atoms with Gasteiger partial charge in [0.25, 0.3) is 0 Å². The normalized spacial score (nSPS) is 20.1. The van der Waals surface area contributed by atoms with Gasteiger partial charge in [0.05, 0.1) is 0 Å². The highest BCUT2D eigenvalue weighted by Crippen LogP contribution is 2.25.